The van der Waals surface area contributed by atoms with Crippen LogP contribution in [0.25, 0.3) is 11.3 Å². The lowest BCUT2D eigenvalue weighted by molar-refractivity contribution is 0.0946. The van der Waals surface area contributed by atoms with Crippen LogP contribution in [0.1, 0.15) is 20.2 Å². The van der Waals surface area contributed by atoms with E-state index < -0.39 is 17.5 Å². The van der Waals surface area contributed by atoms with Gasteiger partial charge in [-0.25, -0.2) is 13.8 Å². The van der Waals surface area contributed by atoms with Gasteiger partial charge in [0.25, 0.3) is 5.91 Å². The Balaban J connectivity index is 1.74. The zero-order valence-electron chi connectivity index (χ0n) is 13.1. The number of aromatic nitrogens is 1. The first-order valence-corrected chi connectivity index (χ1v) is 8.59. The molecule has 3 rings (SSSR count). The molecule has 0 aliphatic carbocycles. The van der Waals surface area contributed by atoms with E-state index in [1.54, 1.807) is 12.1 Å². The van der Waals surface area contributed by atoms with E-state index in [9.17, 15) is 13.6 Å². The van der Waals surface area contributed by atoms with E-state index in [0.717, 1.165) is 34.3 Å². The third-order valence-corrected chi connectivity index (χ3v) is 4.75. The molecule has 0 bridgehead atoms. The van der Waals surface area contributed by atoms with Crippen molar-refractivity contribution in [2.45, 2.75) is 13.5 Å². The molecular weight excluding hydrogens is 366 g/mol. The summed E-state index contributed by atoms with van der Waals surface area (Å²) in [5.41, 5.74) is 1.40. The van der Waals surface area contributed by atoms with Gasteiger partial charge in [0, 0.05) is 15.5 Å². The number of thiazole rings is 1. The van der Waals surface area contributed by atoms with Crippen molar-refractivity contribution in [2.24, 2.45) is 0 Å². The van der Waals surface area contributed by atoms with Crippen LogP contribution >= 0.6 is 22.9 Å². The molecule has 0 saturated carbocycles. The minimum absolute atomic E-state index is 0.133. The highest BCUT2D eigenvalue weighted by molar-refractivity contribution is 7.12. The van der Waals surface area contributed by atoms with Gasteiger partial charge in [-0.3, -0.25) is 4.79 Å². The van der Waals surface area contributed by atoms with E-state index in [2.05, 4.69) is 10.3 Å². The molecule has 2 aromatic carbocycles. The molecular formula is C18H13ClF2N2OS. The van der Waals surface area contributed by atoms with Gasteiger partial charge in [-0.2, -0.15) is 0 Å². The predicted molar refractivity (Wildman–Crippen MR) is 94.8 cm³/mol. The van der Waals surface area contributed by atoms with Gasteiger partial charge in [0.05, 0.1) is 17.8 Å². The molecule has 25 heavy (non-hydrogen) atoms. The third kappa shape index (κ3) is 4.03. The van der Waals surface area contributed by atoms with Crippen LogP contribution in [-0.2, 0) is 6.54 Å². The first kappa shape index (κ1) is 17.5. The molecule has 1 amide bonds. The summed E-state index contributed by atoms with van der Waals surface area (Å²) in [6, 6.07) is 10.1. The lowest BCUT2D eigenvalue weighted by atomic mass is 10.1. The molecule has 0 saturated heterocycles. The summed E-state index contributed by atoms with van der Waals surface area (Å²) in [5.74, 6) is -2.12. The van der Waals surface area contributed by atoms with Crippen molar-refractivity contribution in [3.8, 4) is 11.3 Å². The van der Waals surface area contributed by atoms with E-state index in [1.165, 1.54) is 11.3 Å². The Morgan fingerprint density at radius 2 is 1.92 bits per heavy atom. The highest BCUT2D eigenvalue weighted by atomic mass is 35.5. The largest absolute Gasteiger partial charge is 0.345 e. The molecule has 0 spiro atoms. The zero-order valence-corrected chi connectivity index (χ0v) is 14.7. The van der Waals surface area contributed by atoms with Gasteiger partial charge < -0.3 is 5.32 Å². The number of rotatable bonds is 4. The van der Waals surface area contributed by atoms with Crippen molar-refractivity contribution in [3.63, 3.8) is 0 Å². The molecule has 0 radical (unpaired) electrons. The van der Waals surface area contributed by atoms with Crippen molar-refractivity contribution in [1.82, 2.24) is 10.3 Å². The van der Waals surface area contributed by atoms with Gasteiger partial charge in [-0.1, -0.05) is 23.7 Å². The lowest BCUT2D eigenvalue weighted by Crippen LogP contribution is -2.23. The summed E-state index contributed by atoms with van der Waals surface area (Å²) in [5, 5.41) is 3.88. The minimum Gasteiger partial charge on any atom is -0.345 e. The van der Waals surface area contributed by atoms with E-state index in [-0.39, 0.29) is 12.1 Å². The molecule has 0 aliphatic rings. The van der Waals surface area contributed by atoms with Crippen LogP contribution in [0.3, 0.4) is 0 Å². The van der Waals surface area contributed by atoms with Gasteiger partial charge >= 0.3 is 0 Å². The average Bonchev–Trinajstić information content (AvgIpc) is 2.96. The Morgan fingerprint density at radius 1 is 1.20 bits per heavy atom. The lowest BCUT2D eigenvalue weighted by Gasteiger charge is -2.04. The van der Waals surface area contributed by atoms with E-state index in [0.29, 0.717) is 10.0 Å². The maximum atomic E-state index is 13.6. The molecule has 7 heteroatoms. The number of nitrogens with zero attached hydrogens (tertiary/aromatic N) is 1. The summed E-state index contributed by atoms with van der Waals surface area (Å²) < 4.78 is 26.8. The number of amides is 1. The molecule has 3 nitrogen and oxygen atoms in total. The van der Waals surface area contributed by atoms with Gasteiger partial charge in [-0.05, 0) is 37.3 Å². The van der Waals surface area contributed by atoms with Crippen molar-refractivity contribution in [3.05, 3.63) is 74.6 Å². The number of aryl methyl sites for hydroxylation is 1. The van der Waals surface area contributed by atoms with Crippen LogP contribution in [0.5, 0.6) is 0 Å². The normalized spacial score (nSPS) is 10.7. The van der Waals surface area contributed by atoms with Gasteiger partial charge in [0.1, 0.15) is 16.6 Å². The fourth-order valence-corrected chi connectivity index (χ4v) is 3.35. The van der Waals surface area contributed by atoms with Crippen LogP contribution in [0.2, 0.25) is 5.02 Å². The molecule has 0 aliphatic heterocycles. The number of nitrogens with one attached hydrogen (secondary N) is 1. The second kappa shape index (κ2) is 7.29. The van der Waals surface area contributed by atoms with E-state index >= 15 is 0 Å². The second-order valence-corrected chi connectivity index (χ2v) is 7.05. The van der Waals surface area contributed by atoms with Crippen molar-refractivity contribution < 1.29 is 13.6 Å². The van der Waals surface area contributed by atoms with Gasteiger partial charge in [0.2, 0.25) is 0 Å². The fourth-order valence-electron chi connectivity index (χ4n) is 2.33. The molecule has 3 aromatic rings. The van der Waals surface area contributed by atoms with Crippen LogP contribution in [0, 0.1) is 18.6 Å². The Kier molecular flexibility index (Phi) is 5.11. The monoisotopic (exact) mass is 378 g/mol. The average molecular weight is 379 g/mol. The predicted octanol–water partition coefficient (Wildman–Crippen LogP) is 4.98. The Hall–Kier alpha value is -2.31. The number of hydrogen-bond donors (Lipinski definition) is 1. The number of carbonyl (C=O) groups excluding carboxylic acids is 1. The zero-order chi connectivity index (χ0) is 18.0. The SMILES string of the molecule is Cc1sc(CNC(=O)c2cc(F)ccc2F)nc1-c1ccc(Cl)cc1. The third-order valence-electron chi connectivity index (χ3n) is 3.53. The Bertz CT molecular complexity index is 925. The molecule has 0 unspecified atom stereocenters. The molecule has 0 fully saturated rings. The number of benzene rings is 2. The molecule has 1 aromatic heterocycles. The topological polar surface area (TPSA) is 42.0 Å². The summed E-state index contributed by atoms with van der Waals surface area (Å²) in [7, 11) is 0. The van der Waals surface area contributed by atoms with Crippen LogP contribution < -0.4 is 5.32 Å². The summed E-state index contributed by atoms with van der Waals surface area (Å²) >= 11 is 7.32. The minimum atomic E-state index is -0.768. The standard InChI is InChI=1S/C18H13ClF2N2OS/c1-10-17(11-2-4-12(19)5-3-11)23-16(25-10)9-22-18(24)14-8-13(20)6-7-15(14)21/h2-8H,9H2,1H3,(H,22,24). The van der Waals surface area contributed by atoms with Crippen molar-refractivity contribution in [1.29, 1.82) is 0 Å². The molecule has 1 N–H and O–H groups in total. The van der Waals surface area contributed by atoms with E-state index in [1.807, 2.05) is 19.1 Å². The van der Waals surface area contributed by atoms with E-state index in [4.69, 9.17) is 11.6 Å². The summed E-state index contributed by atoms with van der Waals surface area (Å²) in [6.45, 7) is 2.06. The fraction of sp³-hybridized carbons (Fsp3) is 0.111. The number of hydrogen-bond acceptors (Lipinski definition) is 3. The van der Waals surface area contributed by atoms with Crippen molar-refractivity contribution >= 4 is 28.8 Å². The molecule has 1 heterocycles. The smallest absolute Gasteiger partial charge is 0.254 e. The highest BCUT2D eigenvalue weighted by Crippen LogP contribution is 2.28. The van der Waals surface area contributed by atoms with Gasteiger partial charge in [-0.15, -0.1) is 11.3 Å². The Labute approximate surface area is 152 Å². The maximum absolute atomic E-state index is 13.6. The highest BCUT2D eigenvalue weighted by Gasteiger charge is 2.15. The number of halogens is 3. The molecule has 0 atom stereocenters. The first-order valence-electron chi connectivity index (χ1n) is 7.39. The van der Waals surface area contributed by atoms with Crippen LogP contribution in [0.4, 0.5) is 8.78 Å². The summed E-state index contributed by atoms with van der Waals surface area (Å²) in [6.07, 6.45) is 0. The first-order chi connectivity index (χ1) is 11.9. The summed E-state index contributed by atoms with van der Waals surface area (Å²) in [4.78, 5) is 17.5. The quantitative estimate of drug-likeness (QED) is 0.695. The molecule has 128 valence electrons. The Morgan fingerprint density at radius 3 is 2.64 bits per heavy atom. The maximum Gasteiger partial charge on any atom is 0.254 e. The number of carbonyl (C=O) groups is 1. The van der Waals surface area contributed by atoms with Gasteiger partial charge in [0.15, 0.2) is 0 Å². The van der Waals surface area contributed by atoms with Crippen molar-refractivity contribution in [2.75, 3.05) is 0 Å². The van der Waals surface area contributed by atoms with Crippen LogP contribution in [-0.4, -0.2) is 10.9 Å². The van der Waals surface area contributed by atoms with Crippen LogP contribution in [0.15, 0.2) is 42.5 Å². The second-order valence-electron chi connectivity index (χ2n) is 5.33.